The van der Waals surface area contributed by atoms with Gasteiger partial charge >= 0.3 is 0 Å². The molecule has 0 spiro atoms. The van der Waals surface area contributed by atoms with Crippen molar-refractivity contribution in [3.63, 3.8) is 0 Å². The molecular formula is C30H58O3Si3. The van der Waals surface area contributed by atoms with Crippen LogP contribution in [0.1, 0.15) is 65.7 Å². The van der Waals surface area contributed by atoms with E-state index < -0.39 is 25.0 Å². The number of hydrogen-bond acceptors (Lipinski definition) is 3. The molecule has 0 aromatic carbocycles. The minimum atomic E-state index is -1.65. The molecule has 0 radical (unpaired) electrons. The average molecular weight is 551 g/mol. The van der Waals surface area contributed by atoms with Crippen LogP contribution >= 0.6 is 0 Å². The molecule has 4 aliphatic carbocycles. The Labute approximate surface area is 226 Å². The number of allylic oxidation sites excluding steroid dienone is 1. The van der Waals surface area contributed by atoms with Crippen molar-refractivity contribution >= 4 is 25.0 Å². The first-order chi connectivity index (χ1) is 16.3. The van der Waals surface area contributed by atoms with Crippen LogP contribution in [0.15, 0.2) is 11.6 Å². The first-order valence-corrected chi connectivity index (χ1v) is 25.3. The highest BCUT2D eigenvalue weighted by Gasteiger charge is 2.63. The molecule has 9 atom stereocenters. The Morgan fingerprint density at radius 1 is 0.833 bits per heavy atom. The van der Waals surface area contributed by atoms with E-state index in [1.165, 1.54) is 44.9 Å². The Hall–Kier alpha value is 0.271. The lowest BCUT2D eigenvalue weighted by Crippen LogP contribution is -2.53. The zero-order chi connectivity index (χ0) is 26.9. The van der Waals surface area contributed by atoms with Crippen molar-refractivity contribution in [3.05, 3.63) is 11.6 Å². The summed E-state index contributed by atoms with van der Waals surface area (Å²) in [5.74, 6) is 2.88. The SMILES string of the molecule is CC(O[Si](C)(C)C)C1C(O[Si](C)(C)C)CC2C3CC=C4CC(O[Si](C)(C)C)CCC4(C)C3CCC21C. The maximum absolute atomic E-state index is 7.02. The van der Waals surface area contributed by atoms with Crippen molar-refractivity contribution in [2.75, 3.05) is 0 Å². The van der Waals surface area contributed by atoms with Crippen molar-refractivity contribution < 1.29 is 13.3 Å². The highest BCUT2D eigenvalue weighted by atomic mass is 28.4. The van der Waals surface area contributed by atoms with Gasteiger partial charge in [0.25, 0.3) is 0 Å². The normalized spacial score (nSPS) is 42.3. The second-order valence-corrected chi connectivity index (χ2v) is 29.7. The fraction of sp³-hybridized carbons (Fsp3) is 0.933. The fourth-order valence-electron chi connectivity index (χ4n) is 9.30. The van der Waals surface area contributed by atoms with Crippen LogP contribution in [-0.2, 0) is 13.3 Å². The first-order valence-electron chi connectivity index (χ1n) is 15.1. The molecule has 3 fully saturated rings. The van der Waals surface area contributed by atoms with Crippen LogP contribution < -0.4 is 0 Å². The molecule has 0 aliphatic heterocycles. The Bertz CT molecular complexity index is 838. The summed E-state index contributed by atoms with van der Waals surface area (Å²) in [6.07, 6.45) is 12.7. The molecular weight excluding hydrogens is 493 g/mol. The van der Waals surface area contributed by atoms with Crippen molar-refractivity contribution in [3.8, 4) is 0 Å². The third-order valence-corrected chi connectivity index (χ3v) is 13.3. The van der Waals surface area contributed by atoms with Gasteiger partial charge in [0.1, 0.15) is 0 Å². The standard InChI is InChI=1S/C30H58O3Si3/c1-21(31-34(4,5)6)28-27(33-36(10,11)12)20-26-24-14-13-22-19-23(32-35(7,8)9)15-17-29(22,2)25(24)16-18-30(26,28)3/h13,21,23-28H,14-20H2,1-12H3. The second kappa shape index (κ2) is 9.72. The molecule has 36 heavy (non-hydrogen) atoms. The number of rotatable bonds is 7. The van der Waals surface area contributed by atoms with Gasteiger partial charge in [0.2, 0.25) is 0 Å². The van der Waals surface area contributed by atoms with Crippen LogP contribution in [-0.4, -0.2) is 43.3 Å². The lowest BCUT2D eigenvalue weighted by molar-refractivity contribution is -0.0711. The van der Waals surface area contributed by atoms with Crippen molar-refractivity contribution in [1.29, 1.82) is 0 Å². The van der Waals surface area contributed by atoms with Crippen molar-refractivity contribution in [1.82, 2.24) is 0 Å². The molecule has 3 saturated carbocycles. The van der Waals surface area contributed by atoms with Crippen LogP contribution in [0.5, 0.6) is 0 Å². The minimum Gasteiger partial charge on any atom is -0.415 e. The highest BCUT2D eigenvalue weighted by molar-refractivity contribution is 6.70. The van der Waals surface area contributed by atoms with Crippen LogP contribution in [0.4, 0.5) is 0 Å². The average Bonchev–Trinajstić information content (AvgIpc) is 2.96. The molecule has 0 saturated heterocycles. The van der Waals surface area contributed by atoms with Crippen LogP contribution in [0, 0.1) is 34.5 Å². The first kappa shape index (κ1) is 29.3. The van der Waals surface area contributed by atoms with E-state index in [1.54, 1.807) is 5.57 Å². The summed E-state index contributed by atoms with van der Waals surface area (Å²) >= 11 is 0. The van der Waals surface area contributed by atoms with Gasteiger partial charge in [-0.3, -0.25) is 0 Å². The lowest BCUT2D eigenvalue weighted by Gasteiger charge is -2.58. The van der Waals surface area contributed by atoms with Gasteiger partial charge in [-0.1, -0.05) is 25.5 Å². The van der Waals surface area contributed by atoms with E-state index in [0.717, 1.165) is 17.8 Å². The summed E-state index contributed by atoms with van der Waals surface area (Å²) in [5, 5.41) is 0. The Morgan fingerprint density at radius 3 is 2.06 bits per heavy atom. The zero-order valence-corrected chi connectivity index (χ0v) is 28.8. The summed E-state index contributed by atoms with van der Waals surface area (Å²) in [6, 6.07) is 0. The quantitative estimate of drug-likeness (QED) is 0.234. The van der Waals surface area contributed by atoms with Crippen LogP contribution in [0.3, 0.4) is 0 Å². The van der Waals surface area contributed by atoms with Gasteiger partial charge in [-0.05, 0) is 139 Å². The number of fused-ring (bicyclic) bond motifs is 5. The molecule has 3 nitrogen and oxygen atoms in total. The van der Waals surface area contributed by atoms with Gasteiger partial charge in [0, 0.05) is 18.1 Å². The maximum Gasteiger partial charge on any atom is 0.184 e. The Morgan fingerprint density at radius 2 is 1.47 bits per heavy atom. The molecule has 9 unspecified atom stereocenters. The van der Waals surface area contributed by atoms with E-state index >= 15 is 0 Å². The van der Waals surface area contributed by atoms with Crippen LogP contribution in [0.25, 0.3) is 0 Å². The van der Waals surface area contributed by atoms with Gasteiger partial charge < -0.3 is 13.3 Å². The van der Waals surface area contributed by atoms with E-state index in [-0.39, 0.29) is 6.10 Å². The van der Waals surface area contributed by atoms with Gasteiger partial charge in [-0.2, -0.15) is 0 Å². The maximum atomic E-state index is 7.02. The largest absolute Gasteiger partial charge is 0.415 e. The molecule has 208 valence electrons. The molecule has 0 aromatic heterocycles. The van der Waals surface area contributed by atoms with Crippen molar-refractivity contribution in [2.45, 2.75) is 143 Å². The number of hydrogen-bond donors (Lipinski definition) is 0. The summed E-state index contributed by atoms with van der Waals surface area (Å²) in [4.78, 5) is 0. The molecule has 0 N–H and O–H groups in total. The van der Waals surface area contributed by atoms with Gasteiger partial charge in [0.15, 0.2) is 25.0 Å². The van der Waals surface area contributed by atoms with E-state index in [1.807, 2.05) is 0 Å². The smallest absolute Gasteiger partial charge is 0.184 e. The summed E-state index contributed by atoms with van der Waals surface area (Å²) in [6.45, 7) is 28.8. The van der Waals surface area contributed by atoms with E-state index in [2.05, 4.69) is 85.8 Å². The van der Waals surface area contributed by atoms with Gasteiger partial charge in [0.05, 0.1) is 6.10 Å². The second-order valence-electron chi connectivity index (χ2n) is 16.4. The van der Waals surface area contributed by atoms with E-state index in [9.17, 15) is 0 Å². The zero-order valence-electron chi connectivity index (χ0n) is 25.8. The van der Waals surface area contributed by atoms with E-state index in [0.29, 0.717) is 29.0 Å². The van der Waals surface area contributed by atoms with Crippen molar-refractivity contribution in [2.24, 2.45) is 34.5 Å². The van der Waals surface area contributed by atoms with Gasteiger partial charge in [-0.15, -0.1) is 0 Å². The molecule has 0 aromatic rings. The highest BCUT2D eigenvalue weighted by Crippen LogP contribution is 2.67. The molecule has 0 heterocycles. The molecule has 6 heteroatoms. The summed E-state index contributed by atoms with van der Waals surface area (Å²) in [7, 11) is -4.77. The van der Waals surface area contributed by atoms with Gasteiger partial charge in [-0.25, -0.2) is 0 Å². The third kappa shape index (κ3) is 5.89. The summed E-state index contributed by atoms with van der Waals surface area (Å²) in [5.41, 5.74) is 2.43. The summed E-state index contributed by atoms with van der Waals surface area (Å²) < 4.78 is 20.5. The monoisotopic (exact) mass is 550 g/mol. The Kier molecular flexibility index (Phi) is 7.90. The van der Waals surface area contributed by atoms with E-state index in [4.69, 9.17) is 13.3 Å². The molecule has 0 bridgehead atoms. The molecule has 4 rings (SSSR count). The predicted octanol–water partition coefficient (Wildman–Crippen LogP) is 8.86. The molecule has 4 aliphatic rings. The predicted molar refractivity (Wildman–Crippen MR) is 161 cm³/mol. The van der Waals surface area contributed by atoms with Crippen LogP contribution in [0.2, 0.25) is 58.9 Å². The minimum absolute atomic E-state index is 0.281. The lowest BCUT2D eigenvalue weighted by atomic mass is 9.47. The topological polar surface area (TPSA) is 27.7 Å². The fourth-order valence-corrected chi connectivity index (χ4v) is 12.9. The Balaban J connectivity index is 1.61. The molecule has 0 amide bonds. The third-order valence-electron chi connectivity index (χ3n) is 10.2.